The van der Waals surface area contributed by atoms with E-state index in [2.05, 4.69) is 10.1 Å². The first kappa shape index (κ1) is 14.3. The maximum absolute atomic E-state index is 11.3. The van der Waals surface area contributed by atoms with Crippen LogP contribution in [0.4, 0.5) is 0 Å². The zero-order valence-corrected chi connectivity index (χ0v) is 11.7. The summed E-state index contributed by atoms with van der Waals surface area (Å²) in [6, 6.07) is 0. The summed E-state index contributed by atoms with van der Waals surface area (Å²) >= 11 is 0. The molecule has 2 aromatic heterocycles. The van der Waals surface area contributed by atoms with Crippen molar-refractivity contribution in [2.24, 2.45) is 7.05 Å². The molecule has 7 heteroatoms. The van der Waals surface area contributed by atoms with Crippen LogP contribution < -0.4 is 4.74 Å². The number of hydrogen-bond acceptors (Lipinski definition) is 5. The topological polar surface area (TPSA) is 86.5 Å². The van der Waals surface area contributed by atoms with E-state index in [1.54, 1.807) is 18.7 Å². The molecular formula is C13H17N3O4. The van der Waals surface area contributed by atoms with Gasteiger partial charge in [-0.05, 0) is 13.8 Å². The smallest absolute Gasteiger partial charge is 0.341 e. The van der Waals surface area contributed by atoms with E-state index in [0.717, 1.165) is 0 Å². The largest absolute Gasteiger partial charge is 0.489 e. The first-order valence-electron chi connectivity index (χ1n) is 6.32. The summed E-state index contributed by atoms with van der Waals surface area (Å²) in [5.41, 5.74) is 1.31. The standard InChI is InChI=1S/C13H17N3O4/c1-4-19-5-6-20-11-9(13(17)18)7-14-12-10(11)8(2)15-16(12)3/h7H,4-6H2,1-3H3,(H,17,18). The molecule has 0 radical (unpaired) electrons. The molecule has 108 valence electrons. The molecule has 20 heavy (non-hydrogen) atoms. The summed E-state index contributed by atoms with van der Waals surface area (Å²) in [6.45, 7) is 4.96. The normalized spacial score (nSPS) is 10.9. The van der Waals surface area contributed by atoms with Gasteiger partial charge in [0.05, 0.1) is 17.7 Å². The number of aromatic nitrogens is 3. The van der Waals surface area contributed by atoms with Gasteiger partial charge in [0.15, 0.2) is 5.65 Å². The van der Waals surface area contributed by atoms with Crippen LogP contribution in [0.3, 0.4) is 0 Å². The van der Waals surface area contributed by atoms with Gasteiger partial charge in [-0.15, -0.1) is 0 Å². The predicted octanol–water partition coefficient (Wildman–Crippen LogP) is 1.39. The zero-order chi connectivity index (χ0) is 14.7. The third-order valence-corrected chi connectivity index (χ3v) is 2.89. The van der Waals surface area contributed by atoms with E-state index in [0.29, 0.717) is 35.7 Å². The second kappa shape index (κ2) is 5.87. The van der Waals surface area contributed by atoms with Crippen LogP contribution in [0.25, 0.3) is 11.0 Å². The monoisotopic (exact) mass is 279 g/mol. The third-order valence-electron chi connectivity index (χ3n) is 2.89. The van der Waals surface area contributed by atoms with Gasteiger partial charge in [0.25, 0.3) is 0 Å². The maximum Gasteiger partial charge on any atom is 0.341 e. The van der Waals surface area contributed by atoms with Crippen LogP contribution in [-0.4, -0.2) is 45.7 Å². The van der Waals surface area contributed by atoms with Gasteiger partial charge in [0.1, 0.15) is 17.9 Å². The maximum atomic E-state index is 11.3. The van der Waals surface area contributed by atoms with Gasteiger partial charge >= 0.3 is 5.97 Å². The van der Waals surface area contributed by atoms with Crippen LogP contribution in [0.1, 0.15) is 23.0 Å². The molecule has 0 fully saturated rings. The SMILES string of the molecule is CCOCCOc1c(C(=O)O)cnc2c1c(C)nn2C. The van der Waals surface area contributed by atoms with E-state index in [-0.39, 0.29) is 12.2 Å². The number of carboxylic acids is 1. The summed E-state index contributed by atoms with van der Waals surface area (Å²) in [5, 5.41) is 14.1. The molecule has 0 aliphatic rings. The number of aryl methyl sites for hydroxylation is 2. The molecule has 0 unspecified atom stereocenters. The first-order valence-corrected chi connectivity index (χ1v) is 6.32. The Morgan fingerprint density at radius 2 is 2.20 bits per heavy atom. The molecule has 2 aromatic rings. The lowest BCUT2D eigenvalue weighted by Crippen LogP contribution is -2.10. The van der Waals surface area contributed by atoms with Gasteiger partial charge in [0, 0.05) is 19.9 Å². The summed E-state index contributed by atoms with van der Waals surface area (Å²) < 4.78 is 12.4. The van der Waals surface area contributed by atoms with E-state index in [1.165, 1.54) is 6.20 Å². The summed E-state index contributed by atoms with van der Waals surface area (Å²) in [5.74, 6) is -0.776. The first-order chi connectivity index (χ1) is 9.56. The van der Waals surface area contributed by atoms with E-state index in [1.807, 2.05) is 6.92 Å². The highest BCUT2D eigenvalue weighted by Crippen LogP contribution is 2.30. The van der Waals surface area contributed by atoms with Crippen molar-refractivity contribution in [1.29, 1.82) is 0 Å². The molecule has 0 aromatic carbocycles. The minimum atomic E-state index is -1.07. The number of rotatable bonds is 6. The Labute approximate surface area is 116 Å². The van der Waals surface area contributed by atoms with E-state index in [4.69, 9.17) is 9.47 Å². The summed E-state index contributed by atoms with van der Waals surface area (Å²) in [6.07, 6.45) is 1.29. The number of carbonyl (C=O) groups is 1. The van der Waals surface area contributed by atoms with Crippen molar-refractivity contribution in [2.45, 2.75) is 13.8 Å². The van der Waals surface area contributed by atoms with Gasteiger partial charge in [0.2, 0.25) is 0 Å². The number of aromatic carboxylic acids is 1. The minimum absolute atomic E-state index is 0.0325. The molecule has 1 N–H and O–H groups in total. The Balaban J connectivity index is 2.45. The van der Waals surface area contributed by atoms with Crippen LogP contribution >= 0.6 is 0 Å². The number of ether oxygens (including phenoxy) is 2. The Morgan fingerprint density at radius 1 is 1.45 bits per heavy atom. The molecule has 0 aliphatic heterocycles. The number of nitrogens with zero attached hydrogens (tertiary/aromatic N) is 3. The fourth-order valence-corrected chi connectivity index (χ4v) is 2.03. The molecule has 0 saturated heterocycles. The lowest BCUT2D eigenvalue weighted by atomic mass is 10.2. The number of fused-ring (bicyclic) bond motifs is 1. The van der Waals surface area contributed by atoms with Gasteiger partial charge in [-0.3, -0.25) is 4.68 Å². The van der Waals surface area contributed by atoms with Gasteiger partial charge in [-0.2, -0.15) is 5.10 Å². The van der Waals surface area contributed by atoms with E-state index < -0.39 is 5.97 Å². The fraction of sp³-hybridized carbons (Fsp3) is 0.462. The van der Waals surface area contributed by atoms with Crippen molar-refractivity contribution in [3.05, 3.63) is 17.5 Å². The summed E-state index contributed by atoms with van der Waals surface area (Å²) in [4.78, 5) is 15.4. The fourth-order valence-electron chi connectivity index (χ4n) is 2.03. The number of pyridine rings is 1. The van der Waals surface area contributed by atoms with Crippen molar-refractivity contribution >= 4 is 17.0 Å². The average Bonchev–Trinajstić information content (AvgIpc) is 2.70. The van der Waals surface area contributed by atoms with Crippen LogP contribution in [0, 0.1) is 6.92 Å². The van der Waals surface area contributed by atoms with Crippen molar-refractivity contribution < 1.29 is 19.4 Å². The van der Waals surface area contributed by atoms with Crippen molar-refractivity contribution in [1.82, 2.24) is 14.8 Å². The number of hydrogen-bond donors (Lipinski definition) is 1. The third kappa shape index (κ3) is 2.57. The molecule has 0 amide bonds. The quantitative estimate of drug-likeness (QED) is 0.804. The lowest BCUT2D eigenvalue weighted by Gasteiger charge is -2.10. The predicted molar refractivity (Wildman–Crippen MR) is 72.2 cm³/mol. The molecule has 0 atom stereocenters. The van der Waals surface area contributed by atoms with Crippen LogP contribution in [0.2, 0.25) is 0 Å². The highest BCUT2D eigenvalue weighted by molar-refractivity contribution is 5.98. The molecule has 7 nitrogen and oxygen atoms in total. The molecule has 0 saturated carbocycles. The molecule has 2 rings (SSSR count). The molecular weight excluding hydrogens is 262 g/mol. The van der Waals surface area contributed by atoms with Gasteiger partial charge in [-0.25, -0.2) is 9.78 Å². The van der Waals surface area contributed by atoms with Crippen molar-refractivity contribution in [3.8, 4) is 5.75 Å². The summed E-state index contributed by atoms with van der Waals surface area (Å²) in [7, 11) is 1.76. The Morgan fingerprint density at radius 3 is 2.85 bits per heavy atom. The molecule has 2 heterocycles. The van der Waals surface area contributed by atoms with Gasteiger partial charge < -0.3 is 14.6 Å². The van der Waals surface area contributed by atoms with E-state index in [9.17, 15) is 9.90 Å². The zero-order valence-electron chi connectivity index (χ0n) is 11.7. The Bertz CT molecular complexity index is 636. The minimum Gasteiger partial charge on any atom is -0.489 e. The number of carboxylic acid groups (broad SMARTS) is 1. The molecule has 0 aliphatic carbocycles. The highest BCUT2D eigenvalue weighted by atomic mass is 16.5. The van der Waals surface area contributed by atoms with Crippen molar-refractivity contribution in [3.63, 3.8) is 0 Å². The van der Waals surface area contributed by atoms with Gasteiger partial charge in [-0.1, -0.05) is 0 Å². The van der Waals surface area contributed by atoms with Crippen LogP contribution in [0.15, 0.2) is 6.20 Å². The van der Waals surface area contributed by atoms with Crippen molar-refractivity contribution in [2.75, 3.05) is 19.8 Å². The Hall–Kier alpha value is -2.15. The highest BCUT2D eigenvalue weighted by Gasteiger charge is 2.20. The second-order valence-electron chi connectivity index (χ2n) is 4.26. The molecule has 0 bridgehead atoms. The molecule has 0 spiro atoms. The second-order valence-corrected chi connectivity index (χ2v) is 4.26. The average molecular weight is 279 g/mol. The Kier molecular flexibility index (Phi) is 4.19. The van der Waals surface area contributed by atoms with Crippen LogP contribution in [-0.2, 0) is 11.8 Å². The lowest BCUT2D eigenvalue weighted by molar-refractivity contribution is 0.0687. The van der Waals surface area contributed by atoms with E-state index >= 15 is 0 Å². The van der Waals surface area contributed by atoms with Crippen LogP contribution in [0.5, 0.6) is 5.75 Å².